The molecule has 1 N–H and O–H groups in total. The molecule has 2 saturated heterocycles. The average Bonchev–Trinajstić information content (AvgIpc) is 2.33. The molecule has 2 aliphatic rings. The molecule has 0 aromatic heterocycles. The maximum absolute atomic E-state index is 11.3. The van der Waals surface area contributed by atoms with E-state index in [0.29, 0.717) is 25.9 Å². The summed E-state index contributed by atoms with van der Waals surface area (Å²) in [6.07, 6.45) is 3.25. The second kappa shape index (κ2) is 6.06. The van der Waals surface area contributed by atoms with E-state index in [1.54, 1.807) is 4.90 Å². The highest BCUT2D eigenvalue weighted by molar-refractivity contribution is 5.68. The highest BCUT2D eigenvalue weighted by Crippen LogP contribution is 2.08. The van der Waals surface area contributed by atoms with Crippen molar-refractivity contribution < 1.29 is 14.3 Å². The minimum Gasteiger partial charge on any atom is -0.449 e. The summed E-state index contributed by atoms with van der Waals surface area (Å²) in [5, 5.41) is 3.30. The van der Waals surface area contributed by atoms with E-state index in [0.717, 1.165) is 38.9 Å². The summed E-state index contributed by atoms with van der Waals surface area (Å²) in [7, 11) is 0. The standard InChI is InChI=1S/C11H20N2O3/c14-11-13(6-1-8-16-11)7-9-15-10-2-4-12-5-3-10/h10,12H,1-9H2. The zero-order chi connectivity index (χ0) is 11.2. The van der Waals surface area contributed by atoms with Gasteiger partial charge in [0.1, 0.15) is 0 Å². The monoisotopic (exact) mass is 228 g/mol. The first-order valence-corrected chi connectivity index (χ1v) is 6.10. The van der Waals surface area contributed by atoms with Crippen LogP contribution < -0.4 is 5.32 Å². The summed E-state index contributed by atoms with van der Waals surface area (Å²) in [5.74, 6) is 0. The van der Waals surface area contributed by atoms with Crippen molar-refractivity contribution in [1.29, 1.82) is 0 Å². The van der Waals surface area contributed by atoms with Gasteiger partial charge in [0.15, 0.2) is 0 Å². The van der Waals surface area contributed by atoms with E-state index in [-0.39, 0.29) is 6.09 Å². The molecule has 0 aromatic rings. The van der Waals surface area contributed by atoms with Gasteiger partial charge < -0.3 is 19.7 Å². The van der Waals surface area contributed by atoms with Gasteiger partial charge in [-0.1, -0.05) is 0 Å². The minimum atomic E-state index is -0.194. The molecule has 1 amide bonds. The first-order chi connectivity index (χ1) is 7.86. The number of carbonyl (C=O) groups is 1. The van der Waals surface area contributed by atoms with Crippen LogP contribution in [-0.4, -0.2) is 56.5 Å². The van der Waals surface area contributed by atoms with E-state index >= 15 is 0 Å². The van der Waals surface area contributed by atoms with Gasteiger partial charge in [0.05, 0.1) is 19.3 Å². The topological polar surface area (TPSA) is 50.8 Å². The molecule has 0 aromatic carbocycles. The van der Waals surface area contributed by atoms with Crippen LogP contribution in [0.15, 0.2) is 0 Å². The lowest BCUT2D eigenvalue weighted by atomic mass is 10.1. The van der Waals surface area contributed by atoms with Crippen LogP contribution in [0.3, 0.4) is 0 Å². The third-order valence-electron chi connectivity index (χ3n) is 3.06. The summed E-state index contributed by atoms with van der Waals surface area (Å²) in [6, 6.07) is 0. The first-order valence-electron chi connectivity index (χ1n) is 6.10. The smallest absolute Gasteiger partial charge is 0.409 e. The fourth-order valence-electron chi connectivity index (χ4n) is 2.09. The molecule has 5 nitrogen and oxygen atoms in total. The Kier molecular flexibility index (Phi) is 4.42. The van der Waals surface area contributed by atoms with Gasteiger partial charge >= 0.3 is 6.09 Å². The van der Waals surface area contributed by atoms with Gasteiger partial charge in [-0.3, -0.25) is 0 Å². The van der Waals surface area contributed by atoms with Crippen LogP contribution in [0.1, 0.15) is 19.3 Å². The quantitative estimate of drug-likeness (QED) is 0.765. The molecule has 0 spiro atoms. The number of carbonyl (C=O) groups excluding carboxylic acids is 1. The lowest BCUT2D eigenvalue weighted by Gasteiger charge is -2.28. The lowest BCUT2D eigenvalue weighted by molar-refractivity contribution is 0.0105. The Labute approximate surface area is 96.1 Å². The molecular formula is C11H20N2O3. The van der Waals surface area contributed by atoms with Crippen LogP contribution in [0.2, 0.25) is 0 Å². The van der Waals surface area contributed by atoms with Crippen molar-refractivity contribution in [2.45, 2.75) is 25.4 Å². The second-order valence-electron chi connectivity index (χ2n) is 4.28. The van der Waals surface area contributed by atoms with Crippen molar-refractivity contribution in [3.63, 3.8) is 0 Å². The summed E-state index contributed by atoms with van der Waals surface area (Å²) < 4.78 is 10.7. The van der Waals surface area contributed by atoms with Gasteiger partial charge in [0.2, 0.25) is 0 Å². The largest absolute Gasteiger partial charge is 0.449 e. The Hall–Kier alpha value is -0.810. The Morgan fingerprint density at radius 1 is 1.44 bits per heavy atom. The van der Waals surface area contributed by atoms with Crippen molar-refractivity contribution in [3.8, 4) is 0 Å². The van der Waals surface area contributed by atoms with Gasteiger partial charge in [-0.25, -0.2) is 4.79 Å². The number of hydrogen-bond donors (Lipinski definition) is 1. The molecule has 0 saturated carbocycles. The number of amides is 1. The fraction of sp³-hybridized carbons (Fsp3) is 0.909. The maximum Gasteiger partial charge on any atom is 0.409 e. The minimum absolute atomic E-state index is 0.194. The van der Waals surface area contributed by atoms with E-state index < -0.39 is 0 Å². The summed E-state index contributed by atoms with van der Waals surface area (Å²) in [5.41, 5.74) is 0. The lowest BCUT2D eigenvalue weighted by Crippen LogP contribution is -2.40. The molecule has 5 heteroatoms. The normalized spacial score (nSPS) is 23.2. The van der Waals surface area contributed by atoms with Gasteiger partial charge in [-0.05, 0) is 32.4 Å². The van der Waals surface area contributed by atoms with Crippen LogP contribution in [-0.2, 0) is 9.47 Å². The summed E-state index contributed by atoms with van der Waals surface area (Å²) in [4.78, 5) is 13.0. The van der Waals surface area contributed by atoms with Crippen LogP contribution in [0.4, 0.5) is 4.79 Å². The van der Waals surface area contributed by atoms with Gasteiger partial charge in [0, 0.05) is 13.1 Å². The second-order valence-corrected chi connectivity index (χ2v) is 4.28. The molecule has 2 heterocycles. The van der Waals surface area contributed by atoms with E-state index in [2.05, 4.69) is 5.32 Å². The number of piperidine rings is 1. The Bertz CT molecular complexity index is 229. The first kappa shape index (κ1) is 11.7. The zero-order valence-corrected chi connectivity index (χ0v) is 9.61. The Morgan fingerprint density at radius 2 is 2.25 bits per heavy atom. The van der Waals surface area contributed by atoms with E-state index in [4.69, 9.17) is 9.47 Å². The number of hydrogen-bond acceptors (Lipinski definition) is 4. The Balaban J connectivity index is 1.61. The van der Waals surface area contributed by atoms with E-state index in [1.807, 2.05) is 0 Å². The molecule has 0 bridgehead atoms. The predicted octanol–water partition coefficient (Wildman–Crippen LogP) is 0.597. The number of cyclic esters (lactones) is 1. The van der Waals surface area contributed by atoms with Crippen molar-refractivity contribution in [3.05, 3.63) is 0 Å². The highest BCUT2D eigenvalue weighted by atomic mass is 16.6. The third-order valence-corrected chi connectivity index (χ3v) is 3.06. The SMILES string of the molecule is O=C1OCCCN1CCOC1CCNCC1. The van der Waals surface area contributed by atoms with Crippen LogP contribution >= 0.6 is 0 Å². The number of nitrogens with one attached hydrogen (secondary N) is 1. The van der Waals surface area contributed by atoms with E-state index in [1.165, 1.54) is 0 Å². The average molecular weight is 228 g/mol. The number of nitrogens with zero attached hydrogens (tertiary/aromatic N) is 1. The predicted molar refractivity (Wildman–Crippen MR) is 59.4 cm³/mol. The third kappa shape index (κ3) is 3.35. The van der Waals surface area contributed by atoms with Crippen molar-refractivity contribution in [1.82, 2.24) is 10.2 Å². The highest BCUT2D eigenvalue weighted by Gasteiger charge is 2.20. The van der Waals surface area contributed by atoms with Crippen LogP contribution in [0.25, 0.3) is 0 Å². The fourth-order valence-corrected chi connectivity index (χ4v) is 2.09. The molecular weight excluding hydrogens is 208 g/mol. The van der Waals surface area contributed by atoms with Crippen molar-refractivity contribution >= 4 is 6.09 Å². The zero-order valence-electron chi connectivity index (χ0n) is 9.61. The summed E-state index contributed by atoms with van der Waals surface area (Å²) in [6.45, 7) is 4.72. The van der Waals surface area contributed by atoms with Gasteiger partial charge in [0.25, 0.3) is 0 Å². The number of ether oxygens (including phenoxy) is 2. The molecule has 0 unspecified atom stereocenters. The number of rotatable bonds is 4. The van der Waals surface area contributed by atoms with Crippen molar-refractivity contribution in [2.75, 3.05) is 39.4 Å². The molecule has 0 aliphatic carbocycles. The molecule has 92 valence electrons. The molecule has 16 heavy (non-hydrogen) atoms. The summed E-state index contributed by atoms with van der Waals surface area (Å²) >= 11 is 0. The van der Waals surface area contributed by atoms with E-state index in [9.17, 15) is 4.79 Å². The Morgan fingerprint density at radius 3 is 3.00 bits per heavy atom. The maximum atomic E-state index is 11.3. The van der Waals surface area contributed by atoms with Gasteiger partial charge in [-0.2, -0.15) is 0 Å². The molecule has 2 rings (SSSR count). The van der Waals surface area contributed by atoms with Crippen LogP contribution in [0, 0.1) is 0 Å². The molecule has 2 aliphatic heterocycles. The molecule has 2 fully saturated rings. The molecule has 0 atom stereocenters. The van der Waals surface area contributed by atoms with Crippen molar-refractivity contribution in [2.24, 2.45) is 0 Å². The van der Waals surface area contributed by atoms with Crippen LogP contribution in [0.5, 0.6) is 0 Å². The molecule has 0 radical (unpaired) electrons. The van der Waals surface area contributed by atoms with Gasteiger partial charge in [-0.15, -0.1) is 0 Å².